The summed E-state index contributed by atoms with van der Waals surface area (Å²) >= 11 is 5.81. The van der Waals surface area contributed by atoms with E-state index in [1.54, 1.807) is 36.4 Å². The maximum Gasteiger partial charge on any atom is 0.261 e. The highest BCUT2D eigenvalue weighted by molar-refractivity contribution is 7.92. The van der Waals surface area contributed by atoms with Gasteiger partial charge in [-0.3, -0.25) is 9.52 Å². The van der Waals surface area contributed by atoms with Crippen LogP contribution in [0.1, 0.15) is 10.4 Å². The number of sulfonamides is 1. The third-order valence-electron chi connectivity index (χ3n) is 3.85. The largest absolute Gasteiger partial charge is 0.438 e. The van der Waals surface area contributed by atoms with Crippen LogP contribution in [-0.2, 0) is 10.0 Å². The average molecular weight is 444 g/mol. The Balaban J connectivity index is 1.81. The summed E-state index contributed by atoms with van der Waals surface area (Å²) in [5.41, 5.74) is 0.530. The molecule has 0 aliphatic heterocycles. The Bertz CT molecular complexity index is 1160. The Morgan fingerprint density at radius 2 is 1.90 bits per heavy atom. The highest BCUT2D eigenvalue weighted by Crippen LogP contribution is 2.26. The molecule has 0 bridgehead atoms. The molecule has 0 saturated carbocycles. The van der Waals surface area contributed by atoms with Gasteiger partial charge in [0, 0.05) is 23.8 Å². The lowest BCUT2D eigenvalue weighted by molar-refractivity contribution is 0.0955. The number of anilines is 1. The molecular formula is C21H18ClN3O4S. The maximum absolute atomic E-state index is 12.6. The lowest BCUT2D eigenvalue weighted by Crippen LogP contribution is -2.23. The molecule has 7 nitrogen and oxygen atoms in total. The average Bonchev–Trinajstić information content (AvgIpc) is 2.72. The van der Waals surface area contributed by atoms with Crippen LogP contribution in [0.5, 0.6) is 11.6 Å². The second kappa shape index (κ2) is 9.43. The van der Waals surface area contributed by atoms with E-state index in [1.165, 1.54) is 36.5 Å². The van der Waals surface area contributed by atoms with Crippen molar-refractivity contribution >= 4 is 33.2 Å². The summed E-state index contributed by atoms with van der Waals surface area (Å²) in [6.07, 6.45) is 3.05. The summed E-state index contributed by atoms with van der Waals surface area (Å²) in [6, 6.07) is 15.3. The summed E-state index contributed by atoms with van der Waals surface area (Å²) in [6.45, 7) is 3.86. The van der Waals surface area contributed by atoms with Gasteiger partial charge in [-0.2, -0.15) is 0 Å². The zero-order valence-corrected chi connectivity index (χ0v) is 17.3. The van der Waals surface area contributed by atoms with Crippen LogP contribution in [0.3, 0.4) is 0 Å². The van der Waals surface area contributed by atoms with E-state index < -0.39 is 10.0 Å². The van der Waals surface area contributed by atoms with E-state index in [-0.39, 0.29) is 27.9 Å². The number of carbonyl (C=O) groups is 1. The van der Waals surface area contributed by atoms with Crippen LogP contribution >= 0.6 is 11.6 Å². The van der Waals surface area contributed by atoms with Crippen molar-refractivity contribution in [1.29, 1.82) is 0 Å². The van der Waals surface area contributed by atoms with Crippen molar-refractivity contribution in [3.63, 3.8) is 0 Å². The van der Waals surface area contributed by atoms with Gasteiger partial charge in [0.25, 0.3) is 15.9 Å². The summed E-state index contributed by atoms with van der Waals surface area (Å²) in [4.78, 5) is 16.4. The summed E-state index contributed by atoms with van der Waals surface area (Å²) in [5.74, 6) is 0.0390. The molecule has 3 aromatic rings. The molecular weight excluding hydrogens is 426 g/mol. The van der Waals surface area contributed by atoms with Gasteiger partial charge in [-0.15, -0.1) is 6.58 Å². The molecule has 30 heavy (non-hydrogen) atoms. The van der Waals surface area contributed by atoms with Gasteiger partial charge >= 0.3 is 0 Å². The van der Waals surface area contributed by atoms with Crippen molar-refractivity contribution in [3.8, 4) is 11.6 Å². The molecule has 2 N–H and O–H groups in total. The predicted octanol–water partition coefficient (Wildman–Crippen LogP) is 4.24. The van der Waals surface area contributed by atoms with Crippen LogP contribution in [-0.4, -0.2) is 25.9 Å². The van der Waals surface area contributed by atoms with E-state index in [2.05, 4.69) is 21.6 Å². The van der Waals surface area contributed by atoms with Crippen LogP contribution in [0.2, 0.25) is 5.02 Å². The van der Waals surface area contributed by atoms with E-state index in [4.69, 9.17) is 16.3 Å². The fraction of sp³-hybridized carbons (Fsp3) is 0.0476. The van der Waals surface area contributed by atoms with Crippen molar-refractivity contribution < 1.29 is 17.9 Å². The van der Waals surface area contributed by atoms with Crippen molar-refractivity contribution in [1.82, 2.24) is 10.3 Å². The summed E-state index contributed by atoms with van der Waals surface area (Å²) < 4.78 is 33.3. The molecule has 1 aromatic heterocycles. The topological polar surface area (TPSA) is 97.4 Å². The van der Waals surface area contributed by atoms with Crippen molar-refractivity contribution in [2.75, 3.05) is 11.3 Å². The lowest BCUT2D eigenvalue weighted by Gasteiger charge is -2.12. The van der Waals surface area contributed by atoms with Gasteiger partial charge in [0.15, 0.2) is 0 Å². The third-order valence-corrected chi connectivity index (χ3v) is 5.50. The van der Waals surface area contributed by atoms with Gasteiger partial charge in [0.1, 0.15) is 11.3 Å². The molecule has 3 rings (SSSR count). The zero-order chi connectivity index (χ0) is 21.6. The highest BCUT2D eigenvalue weighted by Gasteiger charge is 2.16. The molecule has 1 heterocycles. The highest BCUT2D eigenvalue weighted by atomic mass is 35.5. The minimum absolute atomic E-state index is 0.0733. The first kappa shape index (κ1) is 21.4. The molecule has 0 aliphatic carbocycles. The van der Waals surface area contributed by atoms with E-state index >= 15 is 0 Å². The van der Waals surface area contributed by atoms with E-state index in [1.807, 2.05) is 0 Å². The number of hydrogen-bond acceptors (Lipinski definition) is 5. The molecule has 0 aliphatic rings. The van der Waals surface area contributed by atoms with E-state index in [0.29, 0.717) is 17.3 Å². The molecule has 154 valence electrons. The Labute approximate surface area is 179 Å². The number of benzene rings is 2. The molecule has 2 aromatic carbocycles. The number of hydrogen-bond donors (Lipinski definition) is 2. The zero-order valence-electron chi connectivity index (χ0n) is 15.7. The van der Waals surface area contributed by atoms with Crippen molar-refractivity contribution in [2.24, 2.45) is 0 Å². The number of aromatic nitrogens is 1. The Morgan fingerprint density at radius 3 is 2.63 bits per heavy atom. The Hall–Kier alpha value is -3.36. The first-order valence-corrected chi connectivity index (χ1v) is 10.7. The monoisotopic (exact) mass is 443 g/mol. The predicted molar refractivity (Wildman–Crippen MR) is 116 cm³/mol. The number of amides is 1. The molecule has 0 spiro atoms. The van der Waals surface area contributed by atoms with Gasteiger partial charge in [0.2, 0.25) is 5.88 Å². The minimum Gasteiger partial charge on any atom is -0.438 e. The first-order valence-electron chi connectivity index (χ1n) is 8.79. The van der Waals surface area contributed by atoms with Crippen LogP contribution in [0.25, 0.3) is 0 Å². The lowest BCUT2D eigenvalue weighted by atomic mass is 10.2. The normalized spacial score (nSPS) is 10.8. The Kier molecular flexibility index (Phi) is 6.71. The molecule has 0 radical (unpaired) electrons. The van der Waals surface area contributed by atoms with Gasteiger partial charge in [-0.1, -0.05) is 23.7 Å². The van der Waals surface area contributed by atoms with E-state index in [9.17, 15) is 13.2 Å². The summed E-state index contributed by atoms with van der Waals surface area (Å²) in [7, 11) is -3.80. The number of rotatable bonds is 8. The molecule has 1 amide bonds. The number of nitrogens with zero attached hydrogens (tertiary/aromatic N) is 1. The van der Waals surface area contributed by atoms with Crippen LogP contribution in [0.15, 0.2) is 84.4 Å². The quantitative estimate of drug-likeness (QED) is 0.507. The van der Waals surface area contributed by atoms with E-state index in [0.717, 1.165) is 0 Å². The van der Waals surface area contributed by atoms with Crippen LogP contribution < -0.4 is 14.8 Å². The molecule has 9 heteroatoms. The van der Waals surface area contributed by atoms with Gasteiger partial charge in [0.05, 0.1) is 10.6 Å². The number of carbonyl (C=O) groups excluding carboxylic acids is 1. The van der Waals surface area contributed by atoms with Gasteiger partial charge in [-0.25, -0.2) is 13.4 Å². The molecule has 0 unspecified atom stereocenters. The van der Waals surface area contributed by atoms with Crippen molar-refractivity contribution in [2.45, 2.75) is 4.90 Å². The fourth-order valence-corrected chi connectivity index (χ4v) is 3.64. The second-order valence-corrected chi connectivity index (χ2v) is 8.16. The van der Waals surface area contributed by atoms with Crippen LogP contribution in [0, 0.1) is 0 Å². The number of halogens is 1. The molecule has 0 fully saturated rings. The minimum atomic E-state index is -3.80. The van der Waals surface area contributed by atoms with Crippen molar-refractivity contribution in [3.05, 3.63) is 90.1 Å². The number of ether oxygens (including phenoxy) is 1. The molecule has 0 saturated heterocycles. The second-order valence-electron chi connectivity index (χ2n) is 6.04. The SMILES string of the molecule is C=CCNC(=O)c1cccnc1Oc1cccc(NS(=O)(=O)c2ccc(Cl)cc2)c1. The number of pyridine rings is 1. The van der Waals surface area contributed by atoms with Crippen LogP contribution in [0.4, 0.5) is 5.69 Å². The summed E-state index contributed by atoms with van der Waals surface area (Å²) in [5, 5.41) is 3.10. The Morgan fingerprint density at radius 1 is 1.13 bits per heavy atom. The smallest absolute Gasteiger partial charge is 0.261 e. The van der Waals surface area contributed by atoms with Gasteiger partial charge < -0.3 is 10.1 Å². The van der Waals surface area contributed by atoms with Gasteiger partial charge in [-0.05, 0) is 48.5 Å². The maximum atomic E-state index is 12.6. The molecule has 0 atom stereocenters. The first-order chi connectivity index (χ1) is 14.4. The third kappa shape index (κ3) is 5.37. The fourth-order valence-electron chi connectivity index (χ4n) is 2.47. The standard InChI is InChI=1S/C21H18ClN3O4S/c1-2-12-23-20(26)19-7-4-13-24-21(19)29-17-6-3-5-16(14-17)25-30(27,28)18-10-8-15(22)9-11-18/h2-11,13-14,25H,1,12H2,(H,23,26). The number of nitrogens with one attached hydrogen (secondary N) is 2.